The topological polar surface area (TPSA) is 53.1 Å². The zero-order chi connectivity index (χ0) is 14.8. The van der Waals surface area contributed by atoms with E-state index in [9.17, 15) is 9.90 Å². The van der Waals surface area contributed by atoms with Crippen molar-refractivity contribution in [1.82, 2.24) is 4.98 Å². The van der Waals surface area contributed by atoms with Crippen LogP contribution in [0.3, 0.4) is 0 Å². The smallest absolute Gasteiger partial charge is 0.195 e. The molecule has 0 saturated carbocycles. The third kappa shape index (κ3) is 1.46. The number of hydrogen-bond donors (Lipinski definition) is 2. The molecule has 3 aromatic rings. The Morgan fingerprint density at radius 1 is 1.10 bits per heavy atom. The van der Waals surface area contributed by atoms with E-state index in [2.05, 4.69) is 18.8 Å². The van der Waals surface area contributed by atoms with Gasteiger partial charge in [-0.3, -0.25) is 4.79 Å². The van der Waals surface area contributed by atoms with Crippen LogP contribution >= 0.6 is 0 Å². The van der Waals surface area contributed by atoms with Gasteiger partial charge in [0.05, 0.1) is 5.56 Å². The van der Waals surface area contributed by atoms with Gasteiger partial charge in [0, 0.05) is 27.6 Å². The molecule has 4 rings (SSSR count). The first-order valence-electron chi connectivity index (χ1n) is 6.99. The quantitative estimate of drug-likeness (QED) is 0.657. The summed E-state index contributed by atoms with van der Waals surface area (Å²) in [6, 6.07) is 12.9. The van der Waals surface area contributed by atoms with E-state index in [4.69, 9.17) is 0 Å². The second-order valence-corrected chi connectivity index (χ2v) is 6.10. The molecule has 0 amide bonds. The van der Waals surface area contributed by atoms with E-state index in [1.807, 2.05) is 24.3 Å². The van der Waals surface area contributed by atoms with Crippen LogP contribution in [0.4, 0.5) is 0 Å². The van der Waals surface area contributed by atoms with Gasteiger partial charge in [-0.2, -0.15) is 0 Å². The van der Waals surface area contributed by atoms with Gasteiger partial charge in [0.2, 0.25) is 0 Å². The molecule has 0 saturated heterocycles. The molecule has 2 aromatic carbocycles. The van der Waals surface area contributed by atoms with E-state index in [0.717, 1.165) is 27.7 Å². The third-order valence-corrected chi connectivity index (χ3v) is 4.48. The van der Waals surface area contributed by atoms with Crippen LogP contribution in [-0.4, -0.2) is 15.9 Å². The van der Waals surface area contributed by atoms with Crippen molar-refractivity contribution in [3.63, 3.8) is 0 Å². The highest BCUT2D eigenvalue weighted by atomic mass is 16.3. The minimum atomic E-state index is -0.351. The first-order valence-corrected chi connectivity index (χ1v) is 6.99. The van der Waals surface area contributed by atoms with Crippen LogP contribution in [0, 0.1) is 0 Å². The van der Waals surface area contributed by atoms with Crippen molar-refractivity contribution in [2.75, 3.05) is 0 Å². The Kier molecular flexibility index (Phi) is 2.18. The van der Waals surface area contributed by atoms with Gasteiger partial charge in [-0.25, -0.2) is 0 Å². The summed E-state index contributed by atoms with van der Waals surface area (Å²) >= 11 is 0. The highest BCUT2D eigenvalue weighted by Gasteiger charge is 2.39. The minimum absolute atomic E-state index is 0.0248. The van der Waals surface area contributed by atoms with Gasteiger partial charge in [0.15, 0.2) is 5.78 Å². The number of carbonyl (C=O) groups is 1. The molecule has 0 bridgehead atoms. The lowest BCUT2D eigenvalue weighted by Crippen LogP contribution is -2.30. The van der Waals surface area contributed by atoms with Crippen molar-refractivity contribution in [2.24, 2.45) is 0 Å². The molecule has 0 atom stereocenters. The second kappa shape index (κ2) is 3.76. The number of phenols is 1. The van der Waals surface area contributed by atoms with Crippen LogP contribution in [0.1, 0.15) is 41.0 Å². The van der Waals surface area contributed by atoms with Gasteiger partial charge in [0.25, 0.3) is 0 Å². The summed E-state index contributed by atoms with van der Waals surface area (Å²) in [5.41, 5.74) is 3.85. The molecule has 21 heavy (non-hydrogen) atoms. The summed E-state index contributed by atoms with van der Waals surface area (Å²) in [4.78, 5) is 16.3. The van der Waals surface area contributed by atoms with Crippen LogP contribution < -0.4 is 0 Å². The Bertz CT molecular complexity index is 903. The van der Waals surface area contributed by atoms with Gasteiger partial charge < -0.3 is 10.1 Å². The van der Waals surface area contributed by atoms with Gasteiger partial charge in [-0.05, 0) is 29.8 Å². The number of phenolic OH excluding ortho intramolecular Hbond substituents is 1. The first-order chi connectivity index (χ1) is 10.00. The standard InChI is InChI=1S/C18H15NO2/c1-18(2)13-9-10(20)7-8-11(13)16(21)15-12-5-3-4-6-14(12)19-17(15)18/h3-9,19-20H,1-2H3. The van der Waals surface area contributed by atoms with Crippen LogP contribution in [-0.2, 0) is 5.41 Å². The lowest BCUT2D eigenvalue weighted by molar-refractivity contribution is 0.103. The summed E-state index contributed by atoms with van der Waals surface area (Å²) in [5, 5.41) is 10.7. The molecule has 0 spiro atoms. The number of aromatic hydroxyl groups is 1. The summed E-state index contributed by atoms with van der Waals surface area (Å²) in [7, 11) is 0. The molecular formula is C18H15NO2. The fraction of sp³-hybridized carbons (Fsp3) is 0.167. The number of fused-ring (bicyclic) bond motifs is 4. The van der Waals surface area contributed by atoms with E-state index >= 15 is 0 Å². The zero-order valence-electron chi connectivity index (χ0n) is 11.9. The summed E-state index contributed by atoms with van der Waals surface area (Å²) in [5.74, 6) is 0.214. The monoisotopic (exact) mass is 277 g/mol. The Hall–Kier alpha value is -2.55. The molecule has 3 nitrogen and oxygen atoms in total. The van der Waals surface area contributed by atoms with Crippen LogP contribution in [0.5, 0.6) is 5.75 Å². The molecule has 0 radical (unpaired) electrons. The number of benzene rings is 2. The predicted molar refractivity (Wildman–Crippen MR) is 82.0 cm³/mol. The molecule has 1 aromatic heterocycles. The molecule has 0 fully saturated rings. The Morgan fingerprint density at radius 3 is 2.67 bits per heavy atom. The van der Waals surface area contributed by atoms with E-state index in [0.29, 0.717) is 5.56 Å². The predicted octanol–water partition coefficient (Wildman–Crippen LogP) is 3.74. The maximum atomic E-state index is 12.9. The number of aromatic amines is 1. The van der Waals surface area contributed by atoms with Crippen LogP contribution in [0.2, 0.25) is 0 Å². The van der Waals surface area contributed by atoms with Crippen LogP contribution in [0.25, 0.3) is 10.9 Å². The normalized spacial score (nSPS) is 15.8. The van der Waals surface area contributed by atoms with Crippen molar-refractivity contribution in [3.05, 3.63) is 64.8 Å². The maximum absolute atomic E-state index is 12.9. The third-order valence-electron chi connectivity index (χ3n) is 4.48. The fourth-order valence-corrected chi connectivity index (χ4v) is 3.36. The summed E-state index contributed by atoms with van der Waals surface area (Å²) in [6.07, 6.45) is 0. The van der Waals surface area contributed by atoms with Gasteiger partial charge in [-0.15, -0.1) is 0 Å². The highest BCUT2D eigenvalue weighted by molar-refractivity contribution is 6.20. The summed E-state index contributed by atoms with van der Waals surface area (Å²) < 4.78 is 0. The highest BCUT2D eigenvalue weighted by Crippen LogP contribution is 2.44. The molecule has 1 heterocycles. The van der Waals surface area contributed by atoms with Crippen molar-refractivity contribution >= 4 is 16.7 Å². The van der Waals surface area contributed by atoms with Crippen molar-refractivity contribution in [2.45, 2.75) is 19.3 Å². The number of para-hydroxylation sites is 1. The van der Waals surface area contributed by atoms with Gasteiger partial charge in [-0.1, -0.05) is 32.0 Å². The number of aromatic nitrogens is 1. The average molecular weight is 277 g/mol. The molecule has 0 aliphatic heterocycles. The van der Waals surface area contributed by atoms with E-state index < -0.39 is 0 Å². The lowest BCUT2D eigenvalue weighted by Gasteiger charge is -2.32. The Balaban J connectivity index is 2.14. The van der Waals surface area contributed by atoms with Gasteiger partial charge >= 0.3 is 0 Å². The molecule has 2 N–H and O–H groups in total. The molecule has 104 valence electrons. The van der Waals surface area contributed by atoms with Crippen molar-refractivity contribution in [3.8, 4) is 5.75 Å². The molecule has 0 unspecified atom stereocenters. The maximum Gasteiger partial charge on any atom is 0.195 e. The van der Waals surface area contributed by atoms with Crippen molar-refractivity contribution < 1.29 is 9.90 Å². The average Bonchev–Trinajstić information content (AvgIpc) is 2.86. The van der Waals surface area contributed by atoms with E-state index in [1.54, 1.807) is 18.2 Å². The molecule has 3 heteroatoms. The Labute approximate surface area is 122 Å². The van der Waals surface area contributed by atoms with E-state index in [-0.39, 0.29) is 16.9 Å². The lowest BCUT2D eigenvalue weighted by atomic mass is 9.71. The minimum Gasteiger partial charge on any atom is -0.508 e. The number of rotatable bonds is 0. The first kappa shape index (κ1) is 12.2. The van der Waals surface area contributed by atoms with E-state index in [1.165, 1.54) is 0 Å². The zero-order valence-corrected chi connectivity index (χ0v) is 11.9. The van der Waals surface area contributed by atoms with Crippen molar-refractivity contribution in [1.29, 1.82) is 0 Å². The number of ketones is 1. The number of carbonyl (C=O) groups excluding carboxylic acids is 1. The largest absolute Gasteiger partial charge is 0.508 e. The molecule has 1 aliphatic carbocycles. The van der Waals surface area contributed by atoms with Crippen LogP contribution in [0.15, 0.2) is 42.5 Å². The number of hydrogen-bond acceptors (Lipinski definition) is 2. The number of nitrogens with one attached hydrogen (secondary N) is 1. The SMILES string of the molecule is CC1(C)c2cc(O)ccc2C(=O)c2c1[nH]c1ccccc21. The molecular weight excluding hydrogens is 262 g/mol. The fourth-order valence-electron chi connectivity index (χ4n) is 3.36. The molecule has 1 aliphatic rings. The van der Waals surface area contributed by atoms with Gasteiger partial charge in [0.1, 0.15) is 5.75 Å². The Morgan fingerprint density at radius 2 is 1.86 bits per heavy atom. The number of H-pyrrole nitrogens is 1. The second-order valence-electron chi connectivity index (χ2n) is 6.10. The summed E-state index contributed by atoms with van der Waals surface area (Å²) in [6.45, 7) is 4.15.